The number of thiophene rings is 2. The van der Waals surface area contributed by atoms with E-state index in [0.717, 1.165) is 11.3 Å². The second kappa shape index (κ2) is 4.88. The Hall–Kier alpha value is -0.710. The van der Waals surface area contributed by atoms with Crippen LogP contribution in [0.2, 0.25) is 0 Å². The fraction of sp³-hybridized carbons (Fsp3) is 0.364. The number of hydrogen-bond donors (Lipinski definition) is 0. The van der Waals surface area contributed by atoms with Crippen molar-refractivity contribution < 1.29 is 9.53 Å². The number of carbonyl (C=O) groups excluding carboxylic acids is 1. The summed E-state index contributed by atoms with van der Waals surface area (Å²) in [6, 6.07) is 4.01. The SMILES string of the molecule is CCCOCC(=O)c1cc2sccc2s1. The highest BCUT2D eigenvalue weighted by Crippen LogP contribution is 2.30. The average Bonchev–Trinajstić information content (AvgIpc) is 2.76. The molecular weight excluding hydrogens is 228 g/mol. The fourth-order valence-electron chi connectivity index (χ4n) is 1.28. The molecule has 0 bridgehead atoms. The number of Topliss-reactive ketones (excluding diaryl/α,β-unsaturated/α-hetero) is 1. The van der Waals surface area contributed by atoms with Gasteiger partial charge in [0.25, 0.3) is 0 Å². The zero-order chi connectivity index (χ0) is 10.7. The predicted molar refractivity (Wildman–Crippen MR) is 65.1 cm³/mol. The lowest BCUT2D eigenvalue weighted by molar-refractivity contribution is 0.0765. The van der Waals surface area contributed by atoms with Gasteiger partial charge in [-0.2, -0.15) is 0 Å². The standard InChI is InChI=1S/C11H12O2S2/c1-2-4-13-7-8(12)10-6-11-9(15-10)3-5-14-11/h3,5-6H,2,4,7H2,1H3. The highest BCUT2D eigenvalue weighted by molar-refractivity contribution is 7.27. The molecule has 2 aromatic rings. The zero-order valence-electron chi connectivity index (χ0n) is 8.49. The van der Waals surface area contributed by atoms with Gasteiger partial charge in [0.15, 0.2) is 5.78 Å². The van der Waals surface area contributed by atoms with Crippen molar-refractivity contribution in [2.24, 2.45) is 0 Å². The van der Waals surface area contributed by atoms with Gasteiger partial charge in [-0.15, -0.1) is 22.7 Å². The molecule has 0 aliphatic heterocycles. The molecule has 0 spiro atoms. The molecule has 2 aromatic heterocycles. The van der Waals surface area contributed by atoms with Gasteiger partial charge in [0.1, 0.15) is 6.61 Å². The van der Waals surface area contributed by atoms with Crippen molar-refractivity contribution in [3.8, 4) is 0 Å². The third-order valence-corrected chi connectivity index (χ3v) is 4.13. The Morgan fingerprint density at radius 1 is 1.47 bits per heavy atom. The van der Waals surface area contributed by atoms with Crippen LogP contribution in [-0.4, -0.2) is 19.0 Å². The normalized spacial score (nSPS) is 11.0. The molecule has 0 saturated carbocycles. The molecule has 0 unspecified atom stereocenters. The maximum Gasteiger partial charge on any atom is 0.198 e. The third kappa shape index (κ3) is 2.45. The summed E-state index contributed by atoms with van der Waals surface area (Å²) in [5, 5.41) is 2.04. The third-order valence-electron chi connectivity index (χ3n) is 2.00. The lowest BCUT2D eigenvalue weighted by atomic mass is 10.3. The van der Waals surface area contributed by atoms with E-state index in [1.165, 1.54) is 9.40 Å². The first-order valence-electron chi connectivity index (χ1n) is 4.89. The van der Waals surface area contributed by atoms with Gasteiger partial charge in [-0.3, -0.25) is 4.79 Å². The number of ether oxygens (including phenoxy) is 1. The lowest BCUT2D eigenvalue weighted by Crippen LogP contribution is -2.07. The maximum atomic E-state index is 11.7. The van der Waals surface area contributed by atoms with E-state index in [2.05, 4.69) is 0 Å². The Balaban J connectivity index is 2.04. The first-order valence-corrected chi connectivity index (χ1v) is 6.59. The molecular formula is C11H12O2S2. The molecule has 2 heterocycles. The van der Waals surface area contributed by atoms with Crippen molar-refractivity contribution >= 4 is 37.9 Å². The minimum Gasteiger partial charge on any atom is -0.373 e. The first-order chi connectivity index (χ1) is 7.31. The summed E-state index contributed by atoms with van der Waals surface area (Å²) in [7, 11) is 0. The minimum atomic E-state index is 0.0943. The van der Waals surface area contributed by atoms with Gasteiger partial charge < -0.3 is 4.74 Å². The molecule has 80 valence electrons. The van der Waals surface area contributed by atoms with Gasteiger partial charge in [-0.25, -0.2) is 0 Å². The monoisotopic (exact) mass is 240 g/mol. The molecule has 0 radical (unpaired) electrons. The summed E-state index contributed by atoms with van der Waals surface area (Å²) < 4.78 is 7.62. The van der Waals surface area contributed by atoms with Crippen LogP contribution in [0.25, 0.3) is 9.40 Å². The fourth-order valence-corrected chi connectivity index (χ4v) is 3.32. The van der Waals surface area contributed by atoms with Gasteiger partial charge in [-0.1, -0.05) is 6.92 Å². The smallest absolute Gasteiger partial charge is 0.198 e. The van der Waals surface area contributed by atoms with Gasteiger partial charge >= 0.3 is 0 Å². The van der Waals surface area contributed by atoms with Crippen molar-refractivity contribution in [1.29, 1.82) is 0 Å². The molecule has 0 aliphatic carbocycles. The van der Waals surface area contributed by atoms with E-state index in [0.29, 0.717) is 6.61 Å². The summed E-state index contributed by atoms with van der Waals surface area (Å²) in [6.45, 7) is 2.90. The van der Waals surface area contributed by atoms with Crippen LogP contribution in [0.1, 0.15) is 23.0 Å². The van der Waals surface area contributed by atoms with Gasteiger partial charge in [0.2, 0.25) is 0 Å². The second-order valence-electron chi connectivity index (χ2n) is 3.24. The van der Waals surface area contributed by atoms with Crippen LogP contribution in [0.5, 0.6) is 0 Å². The highest BCUT2D eigenvalue weighted by atomic mass is 32.1. The molecule has 15 heavy (non-hydrogen) atoms. The Morgan fingerprint density at radius 3 is 3.07 bits per heavy atom. The second-order valence-corrected chi connectivity index (χ2v) is 5.27. The number of carbonyl (C=O) groups is 1. The van der Waals surface area contributed by atoms with E-state index in [-0.39, 0.29) is 12.4 Å². The number of hydrogen-bond acceptors (Lipinski definition) is 4. The van der Waals surface area contributed by atoms with Crippen LogP contribution in [-0.2, 0) is 4.74 Å². The van der Waals surface area contributed by atoms with E-state index in [1.807, 2.05) is 24.4 Å². The highest BCUT2D eigenvalue weighted by Gasteiger charge is 2.10. The molecule has 0 aromatic carbocycles. The van der Waals surface area contributed by atoms with E-state index >= 15 is 0 Å². The molecule has 4 heteroatoms. The van der Waals surface area contributed by atoms with Crippen molar-refractivity contribution in [3.05, 3.63) is 22.4 Å². The summed E-state index contributed by atoms with van der Waals surface area (Å²) in [4.78, 5) is 12.5. The van der Waals surface area contributed by atoms with Crippen molar-refractivity contribution in [2.45, 2.75) is 13.3 Å². The summed E-state index contributed by atoms with van der Waals surface area (Å²) in [5.74, 6) is 0.0943. The van der Waals surface area contributed by atoms with Crippen molar-refractivity contribution in [3.63, 3.8) is 0 Å². The Morgan fingerprint density at radius 2 is 2.33 bits per heavy atom. The Kier molecular flexibility index (Phi) is 3.51. The molecule has 0 saturated heterocycles. The van der Waals surface area contributed by atoms with Gasteiger partial charge in [0, 0.05) is 16.0 Å². The van der Waals surface area contributed by atoms with Crippen LogP contribution < -0.4 is 0 Å². The van der Waals surface area contributed by atoms with Crippen molar-refractivity contribution in [2.75, 3.05) is 13.2 Å². The van der Waals surface area contributed by atoms with E-state index in [1.54, 1.807) is 22.7 Å². The number of ketones is 1. The van der Waals surface area contributed by atoms with Gasteiger partial charge in [0.05, 0.1) is 4.88 Å². The van der Waals surface area contributed by atoms with Crippen molar-refractivity contribution in [1.82, 2.24) is 0 Å². The van der Waals surface area contributed by atoms with E-state index in [4.69, 9.17) is 4.74 Å². The lowest BCUT2D eigenvalue weighted by Gasteiger charge is -1.98. The number of fused-ring (bicyclic) bond motifs is 1. The van der Waals surface area contributed by atoms with Crippen LogP contribution in [0.3, 0.4) is 0 Å². The Labute approximate surface area is 96.5 Å². The molecule has 2 nitrogen and oxygen atoms in total. The van der Waals surface area contributed by atoms with Crippen LogP contribution in [0, 0.1) is 0 Å². The summed E-state index contributed by atoms with van der Waals surface area (Å²) in [5.41, 5.74) is 0. The van der Waals surface area contributed by atoms with Crippen LogP contribution >= 0.6 is 22.7 Å². The maximum absolute atomic E-state index is 11.7. The molecule has 0 fully saturated rings. The first kappa shape index (κ1) is 10.8. The van der Waals surface area contributed by atoms with Gasteiger partial charge in [-0.05, 0) is 23.9 Å². The molecule has 0 atom stereocenters. The molecule has 0 aliphatic rings. The van der Waals surface area contributed by atoms with Crippen LogP contribution in [0.4, 0.5) is 0 Å². The largest absolute Gasteiger partial charge is 0.373 e. The topological polar surface area (TPSA) is 26.3 Å². The zero-order valence-corrected chi connectivity index (χ0v) is 10.1. The molecule has 2 rings (SSSR count). The summed E-state index contributed by atoms with van der Waals surface area (Å²) in [6.07, 6.45) is 0.951. The number of rotatable bonds is 5. The minimum absolute atomic E-state index is 0.0943. The molecule has 0 N–H and O–H groups in total. The molecule has 0 amide bonds. The quantitative estimate of drug-likeness (QED) is 0.590. The summed E-state index contributed by atoms with van der Waals surface area (Å²) >= 11 is 3.22. The van der Waals surface area contributed by atoms with E-state index < -0.39 is 0 Å². The predicted octanol–water partition coefficient (Wildman–Crippen LogP) is 3.57. The van der Waals surface area contributed by atoms with Crippen LogP contribution in [0.15, 0.2) is 17.5 Å². The Bertz CT molecular complexity index is 427. The average molecular weight is 240 g/mol. The van der Waals surface area contributed by atoms with E-state index in [9.17, 15) is 4.79 Å².